The van der Waals surface area contributed by atoms with Crippen LogP contribution in [0.1, 0.15) is 25.8 Å². The summed E-state index contributed by atoms with van der Waals surface area (Å²) in [4.78, 5) is 37.1. The fourth-order valence-electron chi connectivity index (χ4n) is 3.19. The molecular formula is C23H21N5O5. The van der Waals surface area contributed by atoms with Crippen molar-refractivity contribution in [2.75, 3.05) is 12.0 Å². The largest absolute Gasteiger partial charge is 0.489 e. The number of hydrogen-bond donors (Lipinski definition) is 1. The molecule has 2 aromatic carbocycles. The van der Waals surface area contributed by atoms with Crippen LogP contribution in [0.2, 0.25) is 0 Å². The molecule has 0 radical (unpaired) electrons. The van der Waals surface area contributed by atoms with E-state index in [9.17, 15) is 25.0 Å². The van der Waals surface area contributed by atoms with Crippen LogP contribution in [0.5, 0.6) is 5.75 Å². The summed E-state index contributed by atoms with van der Waals surface area (Å²) in [6.45, 7) is 3.59. The first kappa shape index (κ1) is 23.1. The van der Waals surface area contributed by atoms with Gasteiger partial charge in [0.25, 0.3) is 17.5 Å². The number of nitriles is 1. The summed E-state index contributed by atoms with van der Waals surface area (Å²) in [5, 5.41) is 25.0. The molecular weight excluding hydrogens is 426 g/mol. The van der Waals surface area contributed by atoms with E-state index in [-0.39, 0.29) is 41.4 Å². The van der Waals surface area contributed by atoms with E-state index in [1.165, 1.54) is 25.1 Å². The molecule has 2 aromatic rings. The van der Waals surface area contributed by atoms with E-state index in [2.05, 4.69) is 10.5 Å². The first-order valence-corrected chi connectivity index (χ1v) is 10.1. The van der Waals surface area contributed by atoms with E-state index in [1.807, 2.05) is 36.4 Å². The summed E-state index contributed by atoms with van der Waals surface area (Å²) < 4.78 is 5.64. The van der Waals surface area contributed by atoms with Gasteiger partial charge < -0.3 is 4.74 Å². The van der Waals surface area contributed by atoms with Crippen LogP contribution in [-0.2, 0) is 16.2 Å². The minimum atomic E-state index is -0.674. The highest BCUT2D eigenvalue weighted by Gasteiger charge is 2.36. The maximum atomic E-state index is 12.7. The van der Waals surface area contributed by atoms with Crippen molar-refractivity contribution in [1.29, 1.82) is 5.26 Å². The fourth-order valence-corrected chi connectivity index (χ4v) is 3.19. The minimum absolute atomic E-state index is 0.0256. The molecule has 1 N–H and O–H groups in total. The Bertz CT molecular complexity index is 1200. The second-order valence-electron chi connectivity index (χ2n) is 7.16. The monoisotopic (exact) mass is 447 g/mol. The maximum absolute atomic E-state index is 12.7. The summed E-state index contributed by atoms with van der Waals surface area (Å²) in [6, 6.07) is 15.4. The Morgan fingerprint density at radius 2 is 1.91 bits per heavy atom. The lowest BCUT2D eigenvalue weighted by molar-refractivity contribution is -0.384. The number of carbonyl (C=O) groups excluding carboxylic acids is 2. The highest BCUT2D eigenvalue weighted by molar-refractivity contribution is 6.50. The van der Waals surface area contributed by atoms with Gasteiger partial charge in [-0.2, -0.15) is 10.4 Å². The number of rotatable bonds is 8. The predicted molar refractivity (Wildman–Crippen MR) is 120 cm³/mol. The third kappa shape index (κ3) is 5.04. The van der Waals surface area contributed by atoms with Crippen molar-refractivity contribution >= 4 is 28.9 Å². The zero-order valence-corrected chi connectivity index (χ0v) is 18.1. The third-order valence-electron chi connectivity index (χ3n) is 4.90. The quantitative estimate of drug-likeness (QED) is 0.371. The standard InChI is InChI=1S/C23H21N5O5/c1-3-11-27-22(29)18(13-24)15(2)21(23(27)30)26-25-19-10-9-17(12-20(19)28(31)32)33-14-16-7-5-4-6-8-16/h4-10,12,25H,3,11,14H2,1-2H3/b26-21-. The van der Waals surface area contributed by atoms with Gasteiger partial charge in [-0.25, -0.2) is 0 Å². The number of benzene rings is 2. The molecule has 10 heteroatoms. The zero-order chi connectivity index (χ0) is 24.0. The van der Waals surface area contributed by atoms with E-state index in [0.29, 0.717) is 12.2 Å². The van der Waals surface area contributed by atoms with Crippen molar-refractivity contribution in [2.24, 2.45) is 5.10 Å². The number of nitrogens with one attached hydrogen (secondary N) is 1. The van der Waals surface area contributed by atoms with Gasteiger partial charge in [-0.15, -0.1) is 0 Å². The van der Waals surface area contributed by atoms with Crippen LogP contribution in [0, 0.1) is 21.4 Å². The number of nitro benzene ring substituents is 1. The summed E-state index contributed by atoms with van der Waals surface area (Å²) in [6.07, 6.45) is 0.506. The van der Waals surface area contributed by atoms with Gasteiger partial charge in [0.2, 0.25) is 0 Å². The number of hydrogen-bond acceptors (Lipinski definition) is 8. The average Bonchev–Trinajstić information content (AvgIpc) is 2.81. The number of nitrogens with zero attached hydrogens (tertiary/aromatic N) is 4. The van der Waals surface area contributed by atoms with Gasteiger partial charge in [0, 0.05) is 12.1 Å². The van der Waals surface area contributed by atoms with Crippen molar-refractivity contribution < 1.29 is 19.2 Å². The number of ether oxygens (including phenoxy) is 1. The molecule has 0 fully saturated rings. The molecule has 0 bridgehead atoms. The Kier molecular flexibility index (Phi) is 7.15. The smallest absolute Gasteiger partial charge is 0.297 e. The molecule has 0 aromatic heterocycles. The van der Waals surface area contributed by atoms with Crippen LogP contribution in [0.4, 0.5) is 11.4 Å². The summed E-state index contributed by atoms with van der Waals surface area (Å²) in [7, 11) is 0. The van der Waals surface area contributed by atoms with E-state index in [4.69, 9.17) is 4.74 Å². The third-order valence-corrected chi connectivity index (χ3v) is 4.90. The van der Waals surface area contributed by atoms with Gasteiger partial charge in [-0.3, -0.25) is 30.0 Å². The molecule has 0 aliphatic carbocycles. The number of amides is 2. The number of carbonyl (C=O) groups is 2. The second kappa shape index (κ2) is 10.2. The Morgan fingerprint density at radius 3 is 2.55 bits per heavy atom. The van der Waals surface area contributed by atoms with Gasteiger partial charge >= 0.3 is 0 Å². The molecule has 1 heterocycles. The van der Waals surface area contributed by atoms with Gasteiger partial charge in [0.05, 0.1) is 11.0 Å². The number of hydrazone groups is 1. The lowest BCUT2D eigenvalue weighted by Gasteiger charge is -2.25. The minimum Gasteiger partial charge on any atom is -0.489 e. The topological polar surface area (TPSA) is 138 Å². The first-order valence-electron chi connectivity index (χ1n) is 10.1. The number of imide groups is 1. The average molecular weight is 447 g/mol. The first-order chi connectivity index (χ1) is 15.9. The Morgan fingerprint density at radius 1 is 1.18 bits per heavy atom. The molecule has 33 heavy (non-hydrogen) atoms. The fraction of sp³-hybridized carbons (Fsp3) is 0.217. The molecule has 0 saturated carbocycles. The van der Waals surface area contributed by atoms with Crippen LogP contribution in [0.25, 0.3) is 0 Å². The van der Waals surface area contributed by atoms with Gasteiger partial charge in [0.1, 0.15) is 29.7 Å². The number of nitro groups is 1. The van der Waals surface area contributed by atoms with Crippen molar-refractivity contribution in [3.8, 4) is 11.8 Å². The molecule has 1 aliphatic heterocycles. The van der Waals surface area contributed by atoms with Gasteiger partial charge in [-0.1, -0.05) is 37.3 Å². The summed E-state index contributed by atoms with van der Waals surface area (Å²) >= 11 is 0. The normalized spacial score (nSPS) is 14.9. The molecule has 0 spiro atoms. The van der Waals surface area contributed by atoms with Crippen LogP contribution < -0.4 is 10.2 Å². The van der Waals surface area contributed by atoms with Crippen molar-refractivity contribution in [3.05, 3.63) is 75.4 Å². The molecule has 0 unspecified atom stereocenters. The molecule has 0 saturated heterocycles. The maximum Gasteiger partial charge on any atom is 0.297 e. The van der Waals surface area contributed by atoms with E-state index >= 15 is 0 Å². The van der Waals surface area contributed by atoms with Gasteiger partial charge in [-0.05, 0) is 31.0 Å². The molecule has 1 aliphatic rings. The highest BCUT2D eigenvalue weighted by atomic mass is 16.6. The lowest BCUT2D eigenvalue weighted by atomic mass is 9.99. The molecule has 10 nitrogen and oxygen atoms in total. The lowest BCUT2D eigenvalue weighted by Crippen LogP contribution is -2.47. The van der Waals surface area contributed by atoms with Crippen LogP contribution in [-0.4, -0.2) is 33.9 Å². The Balaban J connectivity index is 1.88. The Hall–Kier alpha value is -4.52. The van der Waals surface area contributed by atoms with E-state index < -0.39 is 16.7 Å². The van der Waals surface area contributed by atoms with E-state index in [1.54, 1.807) is 6.92 Å². The second-order valence-corrected chi connectivity index (χ2v) is 7.16. The summed E-state index contributed by atoms with van der Waals surface area (Å²) in [5.74, 6) is -1.05. The molecule has 0 atom stereocenters. The zero-order valence-electron chi connectivity index (χ0n) is 18.1. The highest BCUT2D eigenvalue weighted by Crippen LogP contribution is 2.30. The van der Waals surface area contributed by atoms with E-state index in [0.717, 1.165) is 10.5 Å². The SMILES string of the molecule is CCCN1C(=O)C(C#N)=C(C)/C(=N/Nc2ccc(OCc3ccccc3)cc2[N+](=O)[O-])C1=O. The van der Waals surface area contributed by atoms with Crippen LogP contribution >= 0.6 is 0 Å². The predicted octanol–water partition coefficient (Wildman–Crippen LogP) is 3.56. The molecule has 3 rings (SSSR count). The molecule has 2 amide bonds. The van der Waals surface area contributed by atoms with Gasteiger partial charge in [0.15, 0.2) is 5.71 Å². The van der Waals surface area contributed by atoms with Crippen molar-refractivity contribution in [3.63, 3.8) is 0 Å². The molecule has 168 valence electrons. The van der Waals surface area contributed by atoms with Crippen LogP contribution in [0.3, 0.4) is 0 Å². The Labute approximate surface area is 189 Å². The van der Waals surface area contributed by atoms with Crippen LogP contribution in [0.15, 0.2) is 64.8 Å². The van der Waals surface area contributed by atoms with Crippen molar-refractivity contribution in [2.45, 2.75) is 26.9 Å². The summed E-state index contributed by atoms with van der Waals surface area (Å²) in [5.41, 5.74) is 2.93. The number of anilines is 1. The van der Waals surface area contributed by atoms with Crippen molar-refractivity contribution in [1.82, 2.24) is 4.90 Å².